The molecule has 1 amide bonds. The van der Waals surface area contributed by atoms with Crippen LogP contribution in [0.4, 0.5) is 0 Å². The van der Waals surface area contributed by atoms with Gasteiger partial charge in [0, 0.05) is 19.3 Å². The van der Waals surface area contributed by atoms with E-state index in [1.165, 1.54) is 0 Å². The molecule has 1 aromatic rings. The molecule has 0 bridgehead atoms. The Kier molecular flexibility index (Phi) is 2.91. The Bertz CT molecular complexity index is 463. The molecular weight excluding hydrogens is 232 g/mol. The second kappa shape index (κ2) is 4.57. The summed E-state index contributed by atoms with van der Waals surface area (Å²) in [6.07, 6.45) is 4.79. The number of ether oxygens (including phenoxy) is 2. The summed E-state index contributed by atoms with van der Waals surface area (Å²) in [6, 6.07) is 1.75. The van der Waals surface area contributed by atoms with Crippen molar-refractivity contribution in [2.24, 2.45) is 0 Å². The smallest absolute Gasteiger partial charge is 0.255 e. The molecule has 0 aliphatic carbocycles. The Morgan fingerprint density at radius 1 is 1.56 bits per heavy atom. The predicted molar refractivity (Wildman–Crippen MR) is 64.6 cm³/mol. The summed E-state index contributed by atoms with van der Waals surface area (Å²) in [5.74, 6) is 0.652. The Hall–Kier alpha value is -1.62. The minimum absolute atomic E-state index is 0.0120. The minimum Gasteiger partial charge on any atom is -0.492 e. The van der Waals surface area contributed by atoms with E-state index in [-0.39, 0.29) is 12.0 Å². The number of epoxide rings is 1. The molecule has 5 heteroatoms. The molecule has 2 fully saturated rings. The summed E-state index contributed by atoms with van der Waals surface area (Å²) in [5.41, 5.74) is 0.583. The minimum atomic E-state index is 0.0120. The van der Waals surface area contributed by atoms with Crippen molar-refractivity contribution in [1.29, 1.82) is 0 Å². The largest absolute Gasteiger partial charge is 0.492 e. The van der Waals surface area contributed by atoms with Crippen LogP contribution in [0, 0.1) is 0 Å². The van der Waals surface area contributed by atoms with Gasteiger partial charge in [-0.25, -0.2) is 0 Å². The number of piperidine rings is 1. The number of likely N-dealkylation sites (tertiary alicyclic amines) is 1. The van der Waals surface area contributed by atoms with Gasteiger partial charge in [-0.15, -0.1) is 0 Å². The van der Waals surface area contributed by atoms with Gasteiger partial charge in [0.25, 0.3) is 5.91 Å². The van der Waals surface area contributed by atoms with E-state index < -0.39 is 0 Å². The van der Waals surface area contributed by atoms with E-state index in [9.17, 15) is 4.79 Å². The zero-order valence-electron chi connectivity index (χ0n) is 10.3. The lowest BCUT2D eigenvalue weighted by molar-refractivity contribution is 0.0735. The van der Waals surface area contributed by atoms with Crippen LogP contribution in [-0.4, -0.2) is 47.7 Å². The molecule has 0 aromatic carbocycles. The fraction of sp³-hybridized carbons (Fsp3) is 0.538. The summed E-state index contributed by atoms with van der Waals surface area (Å²) < 4.78 is 10.8. The fourth-order valence-electron chi connectivity index (χ4n) is 2.33. The molecule has 96 valence electrons. The van der Waals surface area contributed by atoms with Gasteiger partial charge in [0.05, 0.1) is 24.5 Å². The number of nitrogens with zero attached hydrogens (tertiary/aromatic N) is 2. The van der Waals surface area contributed by atoms with E-state index in [0.717, 1.165) is 13.0 Å². The number of amides is 1. The molecule has 5 nitrogen and oxygen atoms in total. The van der Waals surface area contributed by atoms with Crippen LogP contribution in [0.3, 0.4) is 0 Å². The summed E-state index contributed by atoms with van der Waals surface area (Å²) >= 11 is 0. The maximum Gasteiger partial charge on any atom is 0.255 e. The monoisotopic (exact) mass is 248 g/mol. The number of aromatic nitrogens is 1. The number of carbonyl (C=O) groups is 1. The first-order valence-electron chi connectivity index (χ1n) is 6.30. The van der Waals surface area contributed by atoms with Crippen LogP contribution in [0.15, 0.2) is 18.5 Å². The molecule has 3 heterocycles. The third kappa shape index (κ3) is 2.18. The molecule has 2 saturated heterocycles. The number of hydrogen-bond acceptors (Lipinski definition) is 4. The Labute approximate surface area is 106 Å². The average molecular weight is 248 g/mol. The highest BCUT2D eigenvalue weighted by molar-refractivity contribution is 5.94. The van der Waals surface area contributed by atoms with Gasteiger partial charge in [0.1, 0.15) is 11.9 Å². The number of carbonyl (C=O) groups excluding carboxylic acids is 1. The third-order valence-electron chi connectivity index (χ3n) is 3.33. The molecule has 0 saturated carbocycles. The zero-order chi connectivity index (χ0) is 12.5. The molecule has 3 rings (SSSR count). The van der Waals surface area contributed by atoms with Crippen LogP contribution in [0.2, 0.25) is 0 Å². The highest BCUT2D eigenvalue weighted by atomic mass is 16.6. The number of pyridine rings is 1. The normalized spacial score (nSPS) is 25.5. The van der Waals surface area contributed by atoms with Crippen molar-refractivity contribution in [3.05, 3.63) is 24.0 Å². The molecule has 0 spiro atoms. The van der Waals surface area contributed by atoms with E-state index in [1.807, 2.05) is 11.8 Å². The highest BCUT2D eigenvalue weighted by Gasteiger charge is 2.44. The van der Waals surface area contributed by atoms with E-state index in [0.29, 0.717) is 30.6 Å². The lowest BCUT2D eigenvalue weighted by Crippen LogP contribution is -2.39. The van der Waals surface area contributed by atoms with Gasteiger partial charge >= 0.3 is 0 Å². The molecule has 2 aliphatic rings. The SMILES string of the molecule is CCOc1cncc(C(=O)N2CC[C@H]3O[C@@H]3C2)c1. The molecule has 2 aliphatic heterocycles. The summed E-state index contributed by atoms with van der Waals surface area (Å²) in [7, 11) is 0. The van der Waals surface area contributed by atoms with Gasteiger partial charge < -0.3 is 14.4 Å². The van der Waals surface area contributed by atoms with Gasteiger partial charge in [-0.2, -0.15) is 0 Å². The molecule has 1 aromatic heterocycles. The molecular formula is C13H16N2O3. The van der Waals surface area contributed by atoms with E-state index in [1.54, 1.807) is 18.5 Å². The van der Waals surface area contributed by atoms with Crippen molar-refractivity contribution in [2.75, 3.05) is 19.7 Å². The first kappa shape index (κ1) is 11.5. The standard InChI is InChI=1S/C13H16N2O3/c1-2-17-10-5-9(6-14-7-10)13(16)15-4-3-11-12(8-15)18-11/h5-7,11-12H,2-4,8H2,1H3/t11-,12-/m1/s1. The van der Waals surface area contributed by atoms with E-state index >= 15 is 0 Å². The van der Waals surface area contributed by atoms with Crippen molar-refractivity contribution in [1.82, 2.24) is 9.88 Å². The van der Waals surface area contributed by atoms with Gasteiger partial charge in [0.2, 0.25) is 0 Å². The van der Waals surface area contributed by atoms with Gasteiger partial charge in [-0.05, 0) is 19.4 Å². The Morgan fingerprint density at radius 3 is 3.22 bits per heavy atom. The van der Waals surface area contributed by atoms with Crippen LogP contribution in [0.1, 0.15) is 23.7 Å². The second-order valence-corrected chi connectivity index (χ2v) is 4.60. The molecule has 2 atom stereocenters. The molecule has 0 unspecified atom stereocenters. The predicted octanol–water partition coefficient (Wildman–Crippen LogP) is 1.09. The summed E-state index contributed by atoms with van der Waals surface area (Å²) in [5, 5.41) is 0. The number of fused-ring (bicyclic) bond motifs is 1. The van der Waals surface area contributed by atoms with E-state index in [4.69, 9.17) is 9.47 Å². The zero-order valence-corrected chi connectivity index (χ0v) is 10.3. The first-order chi connectivity index (χ1) is 8.78. The Balaban J connectivity index is 1.72. The van der Waals surface area contributed by atoms with Gasteiger partial charge in [-0.1, -0.05) is 0 Å². The van der Waals surface area contributed by atoms with Crippen molar-refractivity contribution in [3.63, 3.8) is 0 Å². The van der Waals surface area contributed by atoms with Crippen LogP contribution >= 0.6 is 0 Å². The fourth-order valence-corrected chi connectivity index (χ4v) is 2.33. The van der Waals surface area contributed by atoms with E-state index in [2.05, 4.69) is 4.98 Å². The first-order valence-corrected chi connectivity index (χ1v) is 6.30. The second-order valence-electron chi connectivity index (χ2n) is 4.60. The number of hydrogen-bond donors (Lipinski definition) is 0. The van der Waals surface area contributed by atoms with Crippen LogP contribution in [0.25, 0.3) is 0 Å². The molecule has 0 N–H and O–H groups in total. The summed E-state index contributed by atoms with van der Waals surface area (Å²) in [6.45, 7) is 3.94. The van der Waals surface area contributed by atoms with Crippen LogP contribution < -0.4 is 4.74 Å². The lowest BCUT2D eigenvalue weighted by Gasteiger charge is -2.24. The lowest BCUT2D eigenvalue weighted by atomic mass is 10.1. The molecule has 0 radical (unpaired) electrons. The van der Waals surface area contributed by atoms with Crippen LogP contribution in [-0.2, 0) is 4.74 Å². The Morgan fingerprint density at radius 2 is 2.44 bits per heavy atom. The summed E-state index contributed by atoms with van der Waals surface area (Å²) in [4.78, 5) is 18.2. The van der Waals surface area contributed by atoms with Crippen molar-refractivity contribution in [3.8, 4) is 5.75 Å². The topological polar surface area (TPSA) is 55.0 Å². The van der Waals surface area contributed by atoms with Crippen molar-refractivity contribution < 1.29 is 14.3 Å². The highest BCUT2D eigenvalue weighted by Crippen LogP contribution is 2.31. The van der Waals surface area contributed by atoms with Gasteiger partial charge in [-0.3, -0.25) is 9.78 Å². The quantitative estimate of drug-likeness (QED) is 0.751. The maximum absolute atomic E-state index is 12.3. The maximum atomic E-state index is 12.3. The van der Waals surface area contributed by atoms with Crippen LogP contribution in [0.5, 0.6) is 5.75 Å². The average Bonchev–Trinajstić information content (AvgIpc) is 3.17. The molecule has 18 heavy (non-hydrogen) atoms. The third-order valence-corrected chi connectivity index (χ3v) is 3.33. The van der Waals surface area contributed by atoms with Crippen molar-refractivity contribution >= 4 is 5.91 Å². The number of rotatable bonds is 3. The van der Waals surface area contributed by atoms with Crippen molar-refractivity contribution in [2.45, 2.75) is 25.6 Å². The van der Waals surface area contributed by atoms with Gasteiger partial charge in [0.15, 0.2) is 0 Å².